The van der Waals surface area contributed by atoms with Gasteiger partial charge >= 0.3 is 0 Å². The molecule has 59 heavy (non-hydrogen) atoms. The van der Waals surface area contributed by atoms with E-state index >= 15 is 8.78 Å². The lowest BCUT2D eigenvalue weighted by molar-refractivity contribution is -0.139. The fourth-order valence-corrected chi connectivity index (χ4v) is 8.58. The average Bonchev–Trinajstić information content (AvgIpc) is 3.96. The number of amides is 3. The number of hydrogen-bond acceptors (Lipinski definition) is 6. The largest absolute Gasteiger partial charge is 0.352 e. The van der Waals surface area contributed by atoms with Gasteiger partial charge < -0.3 is 30.0 Å². The molecule has 2 fully saturated rings. The number of ketones is 1. The molecule has 8 atom stereocenters. The third kappa shape index (κ3) is 9.19. The Morgan fingerprint density at radius 2 is 1.53 bits per heavy atom. The molecule has 2 aliphatic rings. The Balaban J connectivity index is 1.40. The first-order valence-electron chi connectivity index (χ1n) is 20.9. The number of likely N-dealkylation sites (N-methyl/N-ethyl adjacent to an activating group) is 1. The molecule has 0 radical (unpaired) electrons. The van der Waals surface area contributed by atoms with E-state index in [2.05, 4.69) is 15.6 Å². The zero-order valence-electron chi connectivity index (χ0n) is 35.0. The van der Waals surface area contributed by atoms with Crippen LogP contribution in [0, 0.1) is 29.4 Å². The van der Waals surface area contributed by atoms with E-state index in [1.165, 1.54) is 34.1 Å². The number of aromatic nitrogens is 3. The van der Waals surface area contributed by atoms with Crippen molar-refractivity contribution in [2.45, 2.75) is 123 Å². The highest BCUT2D eigenvalue weighted by atomic mass is 19.1. The first-order chi connectivity index (χ1) is 28.0. The van der Waals surface area contributed by atoms with Gasteiger partial charge in [-0.05, 0) is 75.0 Å². The molecule has 8 unspecified atom stereocenters. The molecule has 2 aromatic carbocycles. The maximum Gasteiger partial charge on any atom is 0.245 e. The highest BCUT2D eigenvalue weighted by molar-refractivity contribution is 5.93. The number of alkyl halides is 2. The Bertz CT molecular complexity index is 2190. The number of Topliss-reactive ketones (excluding diaryl/α,β-unsaturated/α-hetero) is 1. The summed E-state index contributed by atoms with van der Waals surface area (Å²) in [5.41, 5.74) is 2.26. The van der Waals surface area contributed by atoms with Gasteiger partial charge in [-0.3, -0.25) is 19.2 Å². The normalized spacial score (nSPS) is 21.7. The van der Waals surface area contributed by atoms with Crippen molar-refractivity contribution in [3.63, 3.8) is 0 Å². The van der Waals surface area contributed by atoms with E-state index in [-0.39, 0.29) is 80.3 Å². The number of carbonyl (C=O) groups is 4. The Morgan fingerprint density at radius 3 is 2.17 bits per heavy atom. The van der Waals surface area contributed by atoms with Crippen molar-refractivity contribution in [3.8, 4) is 11.5 Å². The summed E-state index contributed by atoms with van der Waals surface area (Å²) in [5, 5.41) is 6.42. The number of hydrogen-bond donors (Lipinski definition) is 3. The molecular formula is C44H57F4N7O4. The van der Waals surface area contributed by atoms with Crippen molar-refractivity contribution in [2.24, 2.45) is 17.8 Å². The quantitative estimate of drug-likeness (QED) is 0.108. The van der Waals surface area contributed by atoms with E-state index in [1.807, 2.05) is 27.7 Å². The number of halogens is 4. The summed E-state index contributed by atoms with van der Waals surface area (Å²) >= 11 is 0. The van der Waals surface area contributed by atoms with Crippen LogP contribution in [0.5, 0.6) is 0 Å². The third-order valence-corrected chi connectivity index (χ3v) is 12.4. The van der Waals surface area contributed by atoms with Gasteiger partial charge in [0.2, 0.25) is 17.7 Å². The zero-order valence-corrected chi connectivity index (χ0v) is 35.0. The van der Waals surface area contributed by atoms with Crippen LogP contribution in [-0.4, -0.2) is 104 Å². The maximum atomic E-state index is 15.4. The minimum atomic E-state index is -1.34. The fourth-order valence-electron chi connectivity index (χ4n) is 8.58. The van der Waals surface area contributed by atoms with E-state index in [0.29, 0.717) is 46.3 Å². The molecule has 4 heterocycles. The summed E-state index contributed by atoms with van der Waals surface area (Å²) < 4.78 is 62.2. The topological polar surface area (TPSA) is 132 Å². The van der Waals surface area contributed by atoms with Crippen molar-refractivity contribution in [3.05, 3.63) is 53.6 Å². The Morgan fingerprint density at radius 1 is 0.881 bits per heavy atom. The third-order valence-electron chi connectivity index (χ3n) is 12.4. The van der Waals surface area contributed by atoms with Crippen molar-refractivity contribution in [2.75, 3.05) is 20.1 Å². The number of rotatable bonds is 16. The van der Waals surface area contributed by atoms with Gasteiger partial charge in [0.1, 0.15) is 35.8 Å². The number of benzene rings is 2. The molecule has 4 aromatic rings. The van der Waals surface area contributed by atoms with Gasteiger partial charge in [0.15, 0.2) is 5.82 Å². The van der Waals surface area contributed by atoms with Gasteiger partial charge in [-0.15, -0.1) is 0 Å². The summed E-state index contributed by atoms with van der Waals surface area (Å²) in [7, 11) is 1.67. The Hall–Kier alpha value is -4.79. The highest BCUT2D eigenvalue weighted by Crippen LogP contribution is 2.38. The van der Waals surface area contributed by atoms with Crippen LogP contribution in [0.3, 0.4) is 0 Å². The molecule has 0 bridgehead atoms. The first kappa shape index (κ1) is 43.8. The standard InChI is InChI=1S/C44H57F4N7O4/c1-8-24(5)42(57)52-39(23(3)4)44(59)54-21-30(48)16-32(54)22-55-37-13-11-28(46)18-36(37)51-41(55)40-34(33-12-10-27(45)17-35(33)50-40)19-31-15-29(47)20-53(31)43(58)26(9-2)14-38(56)25(6)49-7/h10-13,17-18,23-26,29-32,39,49-50H,8-9,14-16,19-22H2,1-7H3,(H,52,57). The van der Waals surface area contributed by atoms with Crippen LogP contribution in [0.15, 0.2) is 36.4 Å². The van der Waals surface area contributed by atoms with Crippen molar-refractivity contribution < 1.29 is 36.7 Å². The van der Waals surface area contributed by atoms with E-state index in [0.717, 1.165) is 0 Å². The van der Waals surface area contributed by atoms with Crippen LogP contribution in [0.1, 0.15) is 79.2 Å². The van der Waals surface area contributed by atoms with Crippen LogP contribution in [-0.2, 0) is 32.1 Å². The molecule has 6 rings (SSSR count). The molecule has 2 saturated heterocycles. The number of carbonyl (C=O) groups excluding carboxylic acids is 4. The second-order valence-electron chi connectivity index (χ2n) is 16.8. The zero-order chi connectivity index (χ0) is 42.9. The predicted octanol–water partition coefficient (Wildman–Crippen LogP) is 6.66. The molecule has 320 valence electrons. The van der Waals surface area contributed by atoms with Crippen LogP contribution in [0.2, 0.25) is 0 Å². The number of likely N-dealkylation sites (tertiary alicyclic amines) is 2. The molecular weight excluding hydrogens is 767 g/mol. The molecule has 0 spiro atoms. The van der Waals surface area contributed by atoms with E-state index in [9.17, 15) is 28.0 Å². The van der Waals surface area contributed by atoms with Gasteiger partial charge in [-0.25, -0.2) is 22.5 Å². The summed E-state index contributed by atoms with van der Waals surface area (Å²) in [6.45, 7) is 10.6. The van der Waals surface area contributed by atoms with Crippen molar-refractivity contribution in [1.29, 1.82) is 0 Å². The van der Waals surface area contributed by atoms with Crippen LogP contribution >= 0.6 is 0 Å². The van der Waals surface area contributed by atoms with E-state index in [1.54, 1.807) is 37.6 Å². The summed E-state index contributed by atoms with van der Waals surface area (Å²) in [6, 6.07) is 5.75. The van der Waals surface area contributed by atoms with Crippen molar-refractivity contribution >= 4 is 45.4 Å². The number of H-pyrrole nitrogens is 1. The first-order valence-corrected chi connectivity index (χ1v) is 20.9. The predicted molar refractivity (Wildman–Crippen MR) is 219 cm³/mol. The second-order valence-corrected chi connectivity index (χ2v) is 16.8. The molecule has 0 saturated carbocycles. The van der Waals surface area contributed by atoms with Crippen LogP contribution < -0.4 is 10.6 Å². The smallest absolute Gasteiger partial charge is 0.245 e. The summed E-state index contributed by atoms with van der Waals surface area (Å²) in [6.07, 6.45) is -1.47. The summed E-state index contributed by atoms with van der Waals surface area (Å²) in [4.78, 5) is 65.3. The van der Waals surface area contributed by atoms with Gasteiger partial charge in [0.25, 0.3) is 0 Å². The number of nitrogens with zero attached hydrogens (tertiary/aromatic N) is 4. The monoisotopic (exact) mass is 823 g/mol. The molecule has 11 nitrogen and oxygen atoms in total. The van der Waals surface area contributed by atoms with Crippen LogP contribution in [0.25, 0.3) is 33.5 Å². The van der Waals surface area contributed by atoms with Crippen molar-refractivity contribution in [1.82, 2.24) is 35.0 Å². The fraction of sp³-hybridized carbons (Fsp3) is 0.568. The molecule has 2 aliphatic heterocycles. The van der Waals surface area contributed by atoms with E-state index < -0.39 is 60.0 Å². The molecule has 3 N–H and O–H groups in total. The molecule has 0 aliphatic carbocycles. The van der Waals surface area contributed by atoms with Gasteiger partial charge in [0, 0.05) is 60.7 Å². The molecule has 2 aromatic heterocycles. The highest BCUT2D eigenvalue weighted by Gasteiger charge is 2.42. The molecule has 15 heteroatoms. The average molecular weight is 824 g/mol. The lowest BCUT2D eigenvalue weighted by Crippen LogP contribution is -2.54. The van der Waals surface area contributed by atoms with Gasteiger partial charge in [0.05, 0.1) is 41.9 Å². The SMILES string of the molecule is CCC(C)C(=O)NC(C(=O)N1CC(F)CC1Cn1c(-c2[nH]c3cc(F)ccc3c2CC2CC(F)CN2C(=O)C(CC)CC(=O)C(C)NC)nc2cc(F)ccc21)C(C)C. The van der Waals surface area contributed by atoms with E-state index in [4.69, 9.17) is 4.98 Å². The number of aromatic amines is 1. The second kappa shape index (κ2) is 18.2. The minimum Gasteiger partial charge on any atom is -0.352 e. The lowest BCUT2D eigenvalue weighted by atomic mass is 9.94. The van der Waals surface area contributed by atoms with Crippen LogP contribution in [0.4, 0.5) is 17.6 Å². The number of imidazole rings is 1. The number of fused-ring (bicyclic) bond motifs is 2. The minimum absolute atomic E-state index is 0.00612. The Labute approximate surface area is 342 Å². The number of nitrogens with one attached hydrogen (secondary N) is 3. The lowest BCUT2D eigenvalue weighted by Gasteiger charge is -2.32. The van der Waals surface area contributed by atoms with Gasteiger partial charge in [-0.1, -0.05) is 34.6 Å². The Kier molecular flexibility index (Phi) is 13.5. The maximum absolute atomic E-state index is 15.4. The summed E-state index contributed by atoms with van der Waals surface area (Å²) in [5.74, 6) is -3.07. The van der Waals surface area contributed by atoms with Gasteiger partial charge in [-0.2, -0.15) is 0 Å². The molecule has 3 amide bonds.